The molecule has 4 rings (SSSR count). The van der Waals surface area contributed by atoms with Gasteiger partial charge in [0.2, 0.25) is 0 Å². The number of halogens is 4. The van der Waals surface area contributed by atoms with Crippen molar-refractivity contribution < 1.29 is 18.0 Å². The predicted octanol–water partition coefficient (Wildman–Crippen LogP) is 4.49. The highest BCUT2D eigenvalue weighted by Crippen LogP contribution is 2.32. The van der Waals surface area contributed by atoms with Crippen molar-refractivity contribution in [3.8, 4) is 11.3 Å². The molecular formula is C21H18BrF3N6O. The SMILES string of the molecule is Cc1c(CN(C)C(=O)c2cc3nc(-c4ccc(Br)cc4)cc(C(F)(F)F)n3n2)cnn1C. The first-order chi connectivity index (χ1) is 15.0. The van der Waals surface area contributed by atoms with E-state index in [0.29, 0.717) is 10.1 Å². The number of carbonyl (C=O) groups is 1. The lowest BCUT2D eigenvalue weighted by molar-refractivity contribution is -0.142. The minimum Gasteiger partial charge on any atom is -0.336 e. The molecule has 3 aromatic heterocycles. The highest BCUT2D eigenvalue weighted by molar-refractivity contribution is 9.10. The van der Waals surface area contributed by atoms with Crippen LogP contribution in [0.2, 0.25) is 0 Å². The van der Waals surface area contributed by atoms with Crippen LogP contribution in [0.4, 0.5) is 13.2 Å². The zero-order valence-corrected chi connectivity index (χ0v) is 18.9. The van der Waals surface area contributed by atoms with Crippen LogP contribution in [0, 0.1) is 6.92 Å². The zero-order chi connectivity index (χ0) is 23.2. The number of benzene rings is 1. The normalized spacial score (nSPS) is 11.8. The van der Waals surface area contributed by atoms with Crippen LogP contribution in [-0.2, 0) is 19.8 Å². The highest BCUT2D eigenvalue weighted by atomic mass is 79.9. The van der Waals surface area contributed by atoms with Crippen LogP contribution in [0.3, 0.4) is 0 Å². The van der Waals surface area contributed by atoms with E-state index < -0.39 is 17.8 Å². The Morgan fingerprint density at radius 2 is 1.88 bits per heavy atom. The number of carbonyl (C=O) groups excluding carboxylic acids is 1. The molecule has 0 spiro atoms. The first kappa shape index (κ1) is 22.0. The molecular weight excluding hydrogens is 489 g/mol. The Bertz CT molecular complexity index is 1310. The Labute approximate surface area is 189 Å². The van der Waals surface area contributed by atoms with Crippen LogP contribution >= 0.6 is 15.9 Å². The number of hydrogen-bond donors (Lipinski definition) is 0. The molecule has 0 aliphatic heterocycles. The van der Waals surface area contributed by atoms with E-state index >= 15 is 0 Å². The average Bonchev–Trinajstić information content (AvgIpc) is 3.30. The number of amides is 1. The third-order valence-corrected chi connectivity index (χ3v) is 5.70. The van der Waals surface area contributed by atoms with Crippen molar-refractivity contribution in [1.29, 1.82) is 0 Å². The molecule has 0 aliphatic rings. The van der Waals surface area contributed by atoms with Gasteiger partial charge in [0.25, 0.3) is 5.91 Å². The van der Waals surface area contributed by atoms with Crippen molar-refractivity contribution in [2.45, 2.75) is 19.6 Å². The smallest absolute Gasteiger partial charge is 0.336 e. The molecule has 0 bridgehead atoms. The van der Waals surface area contributed by atoms with Gasteiger partial charge in [0.1, 0.15) is 0 Å². The van der Waals surface area contributed by atoms with E-state index in [1.54, 1.807) is 49.2 Å². The van der Waals surface area contributed by atoms with E-state index in [-0.39, 0.29) is 23.6 Å². The number of hydrogen-bond acceptors (Lipinski definition) is 4. The van der Waals surface area contributed by atoms with Gasteiger partial charge in [-0.1, -0.05) is 28.1 Å². The fraction of sp³-hybridized carbons (Fsp3) is 0.238. The van der Waals surface area contributed by atoms with Crippen LogP contribution in [0.1, 0.15) is 27.4 Å². The molecule has 32 heavy (non-hydrogen) atoms. The average molecular weight is 507 g/mol. The lowest BCUT2D eigenvalue weighted by Gasteiger charge is -2.15. The minimum absolute atomic E-state index is 0.0629. The lowest BCUT2D eigenvalue weighted by Crippen LogP contribution is -2.27. The monoisotopic (exact) mass is 506 g/mol. The molecule has 0 saturated carbocycles. The van der Waals surface area contributed by atoms with Crippen molar-refractivity contribution in [2.24, 2.45) is 7.05 Å². The Balaban J connectivity index is 1.74. The fourth-order valence-electron chi connectivity index (χ4n) is 3.27. The Kier molecular flexibility index (Phi) is 5.53. The molecule has 3 heterocycles. The van der Waals surface area contributed by atoms with E-state index in [1.165, 1.54) is 11.0 Å². The Morgan fingerprint density at radius 3 is 2.47 bits per heavy atom. The quantitative estimate of drug-likeness (QED) is 0.408. The van der Waals surface area contributed by atoms with Gasteiger partial charge in [0, 0.05) is 48.0 Å². The largest absolute Gasteiger partial charge is 0.433 e. The number of rotatable bonds is 4. The van der Waals surface area contributed by atoms with Gasteiger partial charge in [-0.25, -0.2) is 9.50 Å². The van der Waals surface area contributed by atoms with Gasteiger partial charge >= 0.3 is 6.18 Å². The molecule has 0 radical (unpaired) electrons. The van der Waals surface area contributed by atoms with Crippen molar-refractivity contribution in [3.63, 3.8) is 0 Å². The van der Waals surface area contributed by atoms with Crippen molar-refractivity contribution in [2.75, 3.05) is 7.05 Å². The number of alkyl halides is 3. The molecule has 0 aliphatic carbocycles. The lowest BCUT2D eigenvalue weighted by atomic mass is 10.1. The summed E-state index contributed by atoms with van der Waals surface area (Å²) >= 11 is 3.30. The maximum atomic E-state index is 13.8. The Hall–Kier alpha value is -3.21. The first-order valence-electron chi connectivity index (χ1n) is 9.51. The van der Waals surface area contributed by atoms with Gasteiger partial charge in [-0.3, -0.25) is 9.48 Å². The van der Waals surface area contributed by atoms with Gasteiger partial charge in [-0.15, -0.1) is 0 Å². The molecule has 7 nitrogen and oxygen atoms in total. The van der Waals surface area contributed by atoms with Crippen molar-refractivity contribution in [1.82, 2.24) is 29.3 Å². The maximum absolute atomic E-state index is 13.8. The van der Waals surface area contributed by atoms with Gasteiger partial charge in [0.15, 0.2) is 17.0 Å². The number of nitrogens with zero attached hydrogens (tertiary/aromatic N) is 6. The van der Waals surface area contributed by atoms with Crippen LogP contribution < -0.4 is 0 Å². The van der Waals surface area contributed by atoms with Crippen molar-refractivity contribution >= 4 is 27.5 Å². The number of aromatic nitrogens is 5. The molecule has 4 aromatic rings. The summed E-state index contributed by atoms with van der Waals surface area (Å²) in [6.45, 7) is 2.12. The Morgan fingerprint density at radius 1 is 1.19 bits per heavy atom. The summed E-state index contributed by atoms with van der Waals surface area (Å²) < 4.78 is 44.5. The standard InChI is InChI=1S/C21H18BrF3N6O/c1-12-14(10-26-30(12)3)11-29(2)20(32)17-9-19-27-16(13-4-6-15(22)7-5-13)8-18(21(23,24)25)31(19)28-17/h4-10H,11H2,1-3H3. The summed E-state index contributed by atoms with van der Waals surface area (Å²) in [5.74, 6) is -0.517. The van der Waals surface area contributed by atoms with Crippen LogP contribution in [0.5, 0.6) is 0 Å². The fourth-order valence-corrected chi connectivity index (χ4v) is 3.54. The third kappa shape index (κ3) is 4.12. The van der Waals surface area contributed by atoms with Crippen molar-refractivity contribution in [3.05, 3.63) is 69.7 Å². The van der Waals surface area contributed by atoms with Gasteiger partial charge < -0.3 is 4.90 Å². The van der Waals surface area contributed by atoms with E-state index in [2.05, 4.69) is 31.1 Å². The molecule has 0 N–H and O–H groups in total. The second kappa shape index (κ2) is 8.05. The molecule has 0 unspecified atom stereocenters. The minimum atomic E-state index is -4.68. The highest BCUT2D eigenvalue weighted by Gasteiger charge is 2.36. The van der Waals surface area contributed by atoms with Crippen LogP contribution in [0.15, 0.2) is 47.1 Å². The van der Waals surface area contributed by atoms with Gasteiger partial charge in [-0.05, 0) is 25.1 Å². The van der Waals surface area contributed by atoms with E-state index in [1.807, 2.05) is 6.92 Å². The van der Waals surface area contributed by atoms with Crippen LogP contribution in [-0.4, -0.2) is 42.2 Å². The second-order valence-corrected chi connectivity index (χ2v) is 8.29. The number of aryl methyl sites for hydroxylation is 1. The molecule has 166 valence electrons. The van der Waals surface area contributed by atoms with Gasteiger partial charge in [0.05, 0.1) is 11.9 Å². The summed E-state index contributed by atoms with van der Waals surface area (Å²) in [6, 6.07) is 8.96. The summed E-state index contributed by atoms with van der Waals surface area (Å²) in [5, 5.41) is 8.07. The summed E-state index contributed by atoms with van der Waals surface area (Å²) in [5.41, 5.74) is 1.17. The molecule has 11 heteroatoms. The van der Waals surface area contributed by atoms with E-state index in [0.717, 1.165) is 21.8 Å². The van der Waals surface area contributed by atoms with Crippen LogP contribution in [0.25, 0.3) is 16.9 Å². The van der Waals surface area contributed by atoms with E-state index in [9.17, 15) is 18.0 Å². The second-order valence-electron chi connectivity index (χ2n) is 7.37. The molecule has 0 saturated heterocycles. The predicted molar refractivity (Wildman–Crippen MR) is 115 cm³/mol. The first-order valence-corrected chi connectivity index (χ1v) is 10.3. The molecule has 1 aromatic carbocycles. The molecule has 0 fully saturated rings. The number of fused-ring (bicyclic) bond motifs is 1. The summed E-state index contributed by atoms with van der Waals surface area (Å²) in [4.78, 5) is 18.6. The zero-order valence-electron chi connectivity index (χ0n) is 17.4. The third-order valence-electron chi connectivity index (χ3n) is 5.17. The molecule has 0 atom stereocenters. The van der Waals surface area contributed by atoms with E-state index in [4.69, 9.17) is 0 Å². The van der Waals surface area contributed by atoms with Gasteiger partial charge in [-0.2, -0.15) is 23.4 Å². The maximum Gasteiger partial charge on any atom is 0.433 e. The molecule has 1 amide bonds. The summed E-state index contributed by atoms with van der Waals surface area (Å²) in [6.07, 6.45) is -3.03. The topological polar surface area (TPSA) is 68.3 Å². The summed E-state index contributed by atoms with van der Waals surface area (Å²) in [7, 11) is 3.35.